The second-order valence-electron chi connectivity index (χ2n) is 6.36. The maximum atomic E-state index is 12.4. The lowest BCUT2D eigenvalue weighted by Gasteiger charge is -2.18. The Hall–Kier alpha value is -2.48. The van der Waals surface area contributed by atoms with E-state index in [4.69, 9.17) is 4.74 Å². The number of nitrogens with one attached hydrogen (secondary N) is 1. The molecule has 1 saturated heterocycles. The third kappa shape index (κ3) is 6.02. The van der Waals surface area contributed by atoms with Crippen LogP contribution in [0, 0.1) is 0 Å². The first-order chi connectivity index (χ1) is 13.1. The van der Waals surface area contributed by atoms with Crippen molar-refractivity contribution in [3.8, 4) is 0 Å². The Bertz CT molecular complexity index is 667. The van der Waals surface area contributed by atoms with E-state index in [1.807, 2.05) is 5.01 Å². The predicted molar refractivity (Wildman–Crippen MR) is 103 cm³/mol. The molecule has 8 nitrogen and oxygen atoms in total. The zero-order valence-corrected chi connectivity index (χ0v) is 16.4. The molecule has 0 bridgehead atoms. The molecule has 0 atom stereocenters. The minimum Gasteiger partial charge on any atom is -0.465 e. The zero-order chi connectivity index (χ0) is 19.6. The van der Waals surface area contributed by atoms with Crippen molar-refractivity contribution < 1.29 is 14.3 Å². The summed E-state index contributed by atoms with van der Waals surface area (Å²) in [6.45, 7) is 9.13. The van der Waals surface area contributed by atoms with Crippen LogP contribution in [0.5, 0.6) is 0 Å². The van der Waals surface area contributed by atoms with Gasteiger partial charge in [-0.25, -0.2) is 4.79 Å². The van der Waals surface area contributed by atoms with E-state index < -0.39 is 5.97 Å². The quantitative estimate of drug-likeness (QED) is 0.530. The van der Waals surface area contributed by atoms with Gasteiger partial charge in [-0.1, -0.05) is 19.1 Å². The summed E-state index contributed by atoms with van der Waals surface area (Å²) in [6, 6.07) is 4.75. The molecule has 1 N–H and O–H groups in total. The Kier molecular flexibility index (Phi) is 8.19. The first-order valence-electron chi connectivity index (χ1n) is 9.48. The van der Waals surface area contributed by atoms with E-state index in [9.17, 15) is 9.59 Å². The molecule has 1 aliphatic rings. The highest BCUT2D eigenvalue weighted by Crippen LogP contribution is 2.23. The Labute approximate surface area is 160 Å². The van der Waals surface area contributed by atoms with Gasteiger partial charge < -0.3 is 15.0 Å². The molecular formula is C19H29N5O3. The van der Waals surface area contributed by atoms with E-state index in [-0.39, 0.29) is 5.91 Å². The minimum atomic E-state index is -0.501. The molecule has 0 aliphatic carbocycles. The first kappa shape index (κ1) is 20.8. The molecule has 0 spiro atoms. The number of benzene rings is 1. The van der Waals surface area contributed by atoms with Gasteiger partial charge in [0.1, 0.15) is 5.69 Å². The van der Waals surface area contributed by atoms with Gasteiger partial charge in [-0.15, -0.1) is 5.11 Å². The summed E-state index contributed by atoms with van der Waals surface area (Å²) < 4.78 is 4.80. The summed E-state index contributed by atoms with van der Waals surface area (Å²) in [5, 5.41) is 13.2. The maximum Gasteiger partial charge on any atom is 0.340 e. The van der Waals surface area contributed by atoms with Crippen LogP contribution in [0.4, 0.5) is 5.69 Å². The number of carbonyl (C=O) groups excluding carboxylic acids is 2. The number of carbonyl (C=O) groups is 2. The number of likely N-dealkylation sites (N-methyl/N-ethyl adjacent to an activating group) is 1. The average molecular weight is 375 g/mol. The highest BCUT2D eigenvalue weighted by atomic mass is 16.5. The van der Waals surface area contributed by atoms with E-state index in [0.29, 0.717) is 23.4 Å². The van der Waals surface area contributed by atoms with Crippen molar-refractivity contribution in [2.45, 2.75) is 26.7 Å². The lowest BCUT2D eigenvalue weighted by Crippen LogP contribution is -2.34. The fourth-order valence-corrected chi connectivity index (χ4v) is 2.91. The van der Waals surface area contributed by atoms with Gasteiger partial charge in [-0.3, -0.25) is 9.80 Å². The molecule has 1 aromatic carbocycles. The third-order valence-electron chi connectivity index (χ3n) is 4.63. The summed E-state index contributed by atoms with van der Waals surface area (Å²) in [6.07, 6.45) is 2.16. The number of amides is 1. The van der Waals surface area contributed by atoms with Crippen LogP contribution in [0.25, 0.3) is 0 Å². The second kappa shape index (κ2) is 10.6. The fraction of sp³-hybridized carbons (Fsp3) is 0.579. The molecule has 0 aromatic heterocycles. The highest BCUT2D eigenvalue weighted by Gasteiger charge is 2.16. The van der Waals surface area contributed by atoms with Crippen molar-refractivity contribution >= 4 is 17.6 Å². The van der Waals surface area contributed by atoms with Crippen molar-refractivity contribution in [1.82, 2.24) is 15.2 Å². The molecule has 1 heterocycles. The summed E-state index contributed by atoms with van der Waals surface area (Å²) in [4.78, 5) is 26.7. The Morgan fingerprint density at radius 1 is 1.22 bits per heavy atom. The second-order valence-corrected chi connectivity index (χ2v) is 6.36. The summed E-state index contributed by atoms with van der Waals surface area (Å²) in [5.74, 6) is -0.699. The van der Waals surface area contributed by atoms with Crippen LogP contribution in [0.15, 0.2) is 28.5 Å². The predicted octanol–water partition coefficient (Wildman–Crippen LogP) is 2.64. The van der Waals surface area contributed by atoms with Gasteiger partial charge >= 0.3 is 5.97 Å². The molecule has 27 heavy (non-hydrogen) atoms. The van der Waals surface area contributed by atoms with Crippen molar-refractivity contribution in [3.63, 3.8) is 0 Å². The SMILES string of the molecule is CCN(CC)CCNC(=O)c1ccc(C(=O)OC)c(N=NN2CCCC2)c1. The van der Waals surface area contributed by atoms with Gasteiger partial charge in [-0.2, -0.15) is 0 Å². The van der Waals surface area contributed by atoms with E-state index in [1.165, 1.54) is 7.11 Å². The Morgan fingerprint density at radius 2 is 1.93 bits per heavy atom. The van der Waals surface area contributed by atoms with Crippen LogP contribution in [0.3, 0.4) is 0 Å². The monoisotopic (exact) mass is 375 g/mol. The van der Waals surface area contributed by atoms with Crippen LogP contribution < -0.4 is 5.32 Å². The van der Waals surface area contributed by atoms with Crippen molar-refractivity contribution in [2.75, 3.05) is 46.4 Å². The molecular weight excluding hydrogens is 346 g/mol. The molecule has 2 rings (SSSR count). The summed E-state index contributed by atoms with van der Waals surface area (Å²) in [7, 11) is 1.32. The Balaban J connectivity index is 2.11. The van der Waals surface area contributed by atoms with Gasteiger partial charge in [0.05, 0.1) is 12.7 Å². The molecule has 1 aromatic rings. The fourth-order valence-electron chi connectivity index (χ4n) is 2.91. The normalized spacial score (nSPS) is 14.1. The number of hydrogen-bond donors (Lipinski definition) is 1. The molecule has 148 valence electrons. The molecule has 0 radical (unpaired) electrons. The standard InChI is InChI=1S/C19H29N5O3/c1-4-23(5-2)13-10-20-18(25)15-8-9-16(19(26)27-3)17(14-15)21-22-24-11-6-7-12-24/h8-9,14H,4-7,10-13H2,1-3H3,(H,20,25). The maximum absolute atomic E-state index is 12.4. The third-order valence-corrected chi connectivity index (χ3v) is 4.63. The van der Waals surface area contributed by atoms with Crippen LogP contribution in [0.2, 0.25) is 0 Å². The van der Waals surface area contributed by atoms with E-state index in [2.05, 4.69) is 34.4 Å². The molecule has 0 unspecified atom stereocenters. The average Bonchev–Trinajstić information content (AvgIpc) is 3.22. The molecule has 0 saturated carbocycles. The lowest BCUT2D eigenvalue weighted by molar-refractivity contribution is 0.0601. The van der Waals surface area contributed by atoms with Gasteiger partial charge in [0.25, 0.3) is 5.91 Å². The van der Waals surface area contributed by atoms with Gasteiger partial charge in [-0.05, 0) is 44.1 Å². The van der Waals surface area contributed by atoms with Crippen LogP contribution in [-0.4, -0.2) is 68.2 Å². The van der Waals surface area contributed by atoms with E-state index in [0.717, 1.165) is 45.6 Å². The topological polar surface area (TPSA) is 86.6 Å². The van der Waals surface area contributed by atoms with E-state index in [1.54, 1.807) is 18.2 Å². The number of ether oxygens (including phenoxy) is 1. The zero-order valence-electron chi connectivity index (χ0n) is 16.4. The number of nitrogens with zero attached hydrogens (tertiary/aromatic N) is 4. The van der Waals surface area contributed by atoms with Crippen molar-refractivity contribution in [2.24, 2.45) is 10.3 Å². The van der Waals surface area contributed by atoms with Gasteiger partial charge in [0, 0.05) is 31.7 Å². The van der Waals surface area contributed by atoms with Crippen molar-refractivity contribution in [3.05, 3.63) is 29.3 Å². The summed E-state index contributed by atoms with van der Waals surface area (Å²) in [5.41, 5.74) is 1.07. The van der Waals surface area contributed by atoms with Gasteiger partial charge in [0.2, 0.25) is 0 Å². The van der Waals surface area contributed by atoms with E-state index >= 15 is 0 Å². The number of hydrogen-bond acceptors (Lipinski definition) is 6. The molecule has 1 fully saturated rings. The first-order valence-corrected chi connectivity index (χ1v) is 9.48. The molecule has 1 amide bonds. The smallest absolute Gasteiger partial charge is 0.340 e. The van der Waals surface area contributed by atoms with Crippen molar-refractivity contribution in [1.29, 1.82) is 0 Å². The minimum absolute atomic E-state index is 0.198. The van der Waals surface area contributed by atoms with Gasteiger partial charge in [0.15, 0.2) is 0 Å². The number of esters is 1. The highest BCUT2D eigenvalue weighted by molar-refractivity contribution is 5.99. The molecule has 8 heteroatoms. The largest absolute Gasteiger partial charge is 0.465 e. The lowest BCUT2D eigenvalue weighted by atomic mass is 10.1. The van der Waals surface area contributed by atoms with Crippen LogP contribution >= 0.6 is 0 Å². The van der Waals surface area contributed by atoms with Crippen LogP contribution in [0.1, 0.15) is 47.4 Å². The number of rotatable bonds is 9. The Morgan fingerprint density at radius 3 is 2.56 bits per heavy atom. The number of methoxy groups -OCH3 is 1. The summed E-state index contributed by atoms with van der Waals surface area (Å²) >= 11 is 0. The molecule has 1 aliphatic heterocycles. The van der Waals surface area contributed by atoms with Crippen LogP contribution in [-0.2, 0) is 4.74 Å².